The fraction of sp³-hybridized carbons (Fsp3) is 0.625. The summed E-state index contributed by atoms with van der Waals surface area (Å²) in [5, 5.41) is 3.30. The molecule has 8 heteroatoms. The molecule has 24 heavy (non-hydrogen) atoms. The van der Waals surface area contributed by atoms with Gasteiger partial charge in [-0.15, -0.1) is 25.6 Å². The summed E-state index contributed by atoms with van der Waals surface area (Å²) in [6.45, 7) is 3.43. The molecule has 1 aromatic rings. The quantitative estimate of drug-likeness (QED) is 0.762. The van der Waals surface area contributed by atoms with E-state index in [-0.39, 0.29) is 24.2 Å². The first-order chi connectivity index (χ1) is 10.9. The standard InChI is InChI=1S/C16H20BrF3N2O.ClH/c17-12-4-5-14(23-16(18,19)20)13(10-12)15(11-2-1-3-11)22-8-6-21-7-9-22;/h4-5,10-11,15,21H,1-3,6-9H2;1H/t15-;/m0./s1. The van der Waals surface area contributed by atoms with Gasteiger partial charge in [0.2, 0.25) is 0 Å². The number of hydrogen-bond donors (Lipinski definition) is 1. The van der Waals surface area contributed by atoms with E-state index in [1.165, 1.54) is 6.07 Å². The third kappa shape index (κ3) is 4.77. The van der Waals surface area contributed by atoms with Crippen LogP contribution in [0.2, 0.25) is 0 Å². The Morgan fingerprint density at radius 2 is 1.88 bits per heavy atom. The molecule has 1 N–H and O–H groups in total. The third-order valence-electron chi connectivity index (χ3n) is 4.66. The minimum atomic E-state index is -4.67. The van der Waals surface area contributed by atoms with Crippen LogP contribution in [0.4, 0.5) is 13.2 Å². The van der Waals surface area contributed by atoms with Crippen LogP contribution in [0.15, 0.2) is 22.7 Å². The molecule has 1 aromatic carbocycles. The summed E-state index contributed by atoms with van der Waals surface area (Å²) >= 11 is 3.39. The highest BCUT2D eigenvalue weighted by atomic mass is 79.9. The average Bonchev–Trinajstić information content (AvgIpc) is 2.44. The van der Waals surface area contributed by atoms with Crippen molar-refractivity contribution in [1.82, 2.24) is 10.2 Å². The summed E-state index contributed by atoms with van der Waals surface area (Å²) in [5.74, 6) is 0.328. The number of halogens is 5. The molecular weight excluding hydrogens is 409 g/mol. The summed E-state index contributed by atoms with van der Waals surface area (Å²) in [4.78, 5) is 2.30. The molecule has 1 saturated carbocycles. The Morgan fingerprint density at radius 3 is 2.42 bits per heavy atom. The SMILES string of the molecule is Cl.FC(F)(F)Oc1ccc(Br)cc1[C@H](C1CCC1)N1CCNCC1. The van der Waals surface area contributed by atoms with Crippen LogP contribution < -0.4 is 10.1 Å². The van der Waals surface area contributed by atoms with Crippen LogP contribution in [0.1, 0.15) is 30.9 Å². The summed E-state index contributed by atoms with van der Waals surface area (Å²) < 4.78 is 43.4. The molecule has 0 amide bonds. The zero-order valence-electron chi connectivity index (χ0n) is 13.1. The van der Waals surface area contributed by atoms with Gasteiger partial charge < -0.3 is 10.1 Å². The molecule has 3 nitrogen and oxygen atoms in total. The Bertz CT molecular complexity index is 549. The molecule has 136 valence electrons. The van der Waals surface area contributed by atoms with Gasteiger partial charge in [0.1, 0.15) is 5.75 Å². The fourth-order valence-electron chi connectivity index (χ4n) is 3.43. The first-order valence-electron chi connectivity index (χ1n) is 7.94. The minimum Gasteiger partial charge on any atom is -0.405 e. The summed E-state index contributed by atoms with van der Waals surface area (Å²) in [6, 6.07) is 4.79. The molecule has 1 aliphatic heterocycles. The first-order valence-corrected chi connectivity index (χ1v) is 8.73. The number of rotatable bonds is 4. The van der Waals surface area contributed by atoms with E-state index >= 15 is 0 Å². The Morgan fingerprint density at radius 1 is 1.21 bits per heavy atom. The molecule has 0 radical (unpaired) electrons. The highest BCUT2D eigenvalue weighted by Gasteiger charge is 2.38. The summed E-state index contributed by atoms with van der Waals surface area (Å²) in [5.41, 5.74) is 0.642. The number of piperazine rings is 1. The maximum atomic E-state index is 12.8. The van der Waals surface area contributed by atoms with E-state index in [2.05, 4.69) is 30.9 Å². The topological polar surface area (TPSA) is 24.5 Å². The van der Waals surface area contributed by atoms with E-state index < -0.39 is 6.36 Å². The second-order valence-electron chi connectivity index (χ2n) is 6.15. The van der Waals surface area contributed by atoms with Crippen LogP contribution in [-0.4, -0.2) is 37.4 Å². The average molecular weight is 430 g/mol. The van der Waals surface area contributed by atoms with E-state index in [4.69, 9.17) is 0 Å². The van der Waals surface area contributed by atoms with Crippen molar-refractivity contribution in [1.29, 1.82) is 0 Å². The van der Waals surface area contributed by atoms with Crippen LogP contribution in [0.3, 0.4) is 0 Å². The Balaban J connectivity index is 0.00000208. The van der Waals surface area contributed by atoms with E-state index in [1.807, 2.05) is 0 Å². The molecule has 1 atom stereocenters. The fourth-order valence-corrected chi connectivity index (χ4v) is 3.81. The van der Waals surface area contributed by atoms with Crippen molar-refractivity contribution in [3.8, 4) is 5.75 Å². The van der Waals surface area contributed by atoms with Gasteiger partial charge in [-0.2, -0.15) is 0 Å². The van der Waals surface area contributed by atoms with E-state index in [1.54, 1.807) is 12.1 Å². The third-order valence-corrected chi connectivity index (χ3v) is 5.15. The zero-order valence-corrected chi connectivity index (χ0v) is 15.5. The van der Waals surface area contributed by atoms with Crippen LogP contribution in [0, 0.1) is 5.92 Å². The lowest BCUT2D eigenvalue weighted by molar-refractivity contribution is -0.275. The Kier molecular flexibility index (Phi) is 6.82. The van der Waals surface area contributed by atoms with Gasteiger partial charge in [-0.05, 0) is 37.0 Å². The number of hydrogen-bond acceptors (Lipinski definition) is 3. The monoisotopic (exact) mass is 428 g/mol. The lowest BCUT2D eigenvalue weighted by Crippen LogP contribution is -2.48. The van der Waals surface area contributed by atoms with Crippen molar-refractivity contribution in [3.05, 3.63) is 28.2 Å². The van der Waals surface area contributed by atoms with Gasteiger partial charge >= 0.3 is 6.36 Å². The van der Waals surface area contributed by atoms with Crippen LogP contribution in [0.5, 0.6) is 5.75 Å². The number of ether oxygens (including phenoxy) is 1. The van der Waals surface area contributed by atoms with Crippen molar-refractivity contribution >= 4 is 28.3 Å². The van der Waals surface area contributed by atoms with Gasteiger partial charge in [0, 0.05) is 42.3 Å². The molecule has 2 fully saturated rings. The first kappa shape index (κ1) is 19.8. The second-order valence-corrected chi connectivity index (χ2v) is 7.07. The lowest BCUT2D eigenvalue weighted by atomic mass is 9.76. The second kappa shape index (κ2) is 8.25. The molecule has 0 bridgehead atoms. The molecular formula is C16H21BrClF3N2O. The van der Waals surface area contributed by atoms with Gasteiger partial charge in [0.05, 0.1) is 0 Å². The Hall–Kier alpha value is -0.500. The molecule has 0 spiro atoms. The predicted molar refractivity (Wildman–Crippen MR) is 92.6 cm³/mol. The molecule has 1 heterocycles. The van der Waals surface area contributed by atoms with Crippen LogP contribution in [-0.2, 0) is 0 Å². The van der Waals surface area contributed by atoms with Crippen molar-refractivity contribution in [2.24, 2.45) is 5.92 Å². The predicted octanol–water partition coefficient (Wildman–Crippen LogP) is 4.52. The molecule has 0 aromatic heterocycles. The van der Waals surface area contributed by atoms with E-state index in [0.29, 0.717) is 11.5 Å². The maximum Gasteiger partial charge on any atom is 0.573 e. The number of alkyl halides is 3. The lowest BCUT2D eigenvalue weighted by Gasteiger charge is -2.43. The summed E-state index contributed by atoms with van der Waals surface area (Å²) in [6.07, 6.45) is -1.40. The zero-order chi connectivity index (χ0) is 16.4. The van der Waals surface area contributed by atoms with Crippen molar-refractivity contribution < 1.29 is 17.9 Å². The number of benzene rings is 1. The van der Waals surface area contributed by atoms with Gasteiger partial charge in [0.25, 0.3) is 0 Å². The van der Waals surface area contributed by atoms with Gasteiger partial charge in [-0.25, -0.2) is 0 Å². The smallest absolute Gasteiger partial charge is 0.405 e. The normalized spacial score (nSPS) is 20.8. The van der Waals surface area contributed by atoms with Crippen LogP contribution >= 0.6 is 28.3 Å². The largest absolute Gasteiger partial charge is 0.573 e. The van der Waals surface area contributed by atoms with E-state index in [9.17, 15) is 13.2 Å². The minimum absolute atomic E-state index is 0. The molecule has 3 rings (SSSR count). The van der Waals surface area contributed by atoms with Crippen molar-refractivity contribution in [2.75, 3.05) is 26.2 Å². The van der Waals surface area contributed by atoms with Gasteiger partial charge in [0.15, 0.2) is 0 Å². The number of nitrogens with one attached hydrogen (secondary N) is 1. The van der Waals surface area contributed by atoms with Crippen molar-refractivity contribution in [2.45, 2.75) is 31.7 Å². The highest BCUT2D eigenvalue weighted by Crippen LogP contribution is 2.45. The van der Waals surface area contributed by atoms with Crippen molar-refractivity contribution in [3.63, 3.8) is 0 Å². The van der Waals surface area contributed by atoms with Crippen LogP contribution in [0.25, 0.3) is 0 Å². The maximum absolute atomic E-state index is 12.8. The molecule has 2 aliphatic rings. The van der Waals surface area contributed by atoms with E-state index in [0.717, 1.165) is 49.9 Å². The summed E-state index contributed by atoms with van der Waals surface area (Å²) in [7, 11) is 0. The van der Waals surface area contributed by atoms with Gasteiger partial charge in [-0.1, -0.05) is 22.4 Å². The Labute approximate surface area is 154 Å². The van der Waals surface area contributed by atoms with Gasteiger partial charge in [-0.3, -0.25) is 4.90 Å². The highest BCUT2D eigenvalue weighted by molar-refractivity contribution is 9.10. The molecule has 1 saturated heterocycles. The number of nitrogens with zero attached hydrogens (tertiary/aromatic N) is 1. The molecule has 1 aliphatic carbocycles. The molecule has 0 unspecified atom stereocenters.